The molecular weight excluding hydrogens is 378 g/mol. The summed E-state index contributed by atoms with van der Waals surface area (Å²) in [5, 5.41) is 17.7. The van der Waals surface area contributed by atoms with Crippen molar-refractivity contribution in [2.75, 3.05) is 42.9 Å². The highest BCUT2D eigenvalue weighted by Crippen LogP contribution is 2.23. The summed E-state index contributed by atoms with van der Waals surface area (Å²) in [6.07, 6.45) is 4.14. The Balaban J connectivity index is 1.65. The third-order valence-corrected chi connectivity index (χ3v) is 5.00. The molecular formula is C22H29N7O. The maximum absolute atomic E-state index is 12.3. The first-order valence-corrected chi connectivity index (χ1v) is 10.4. The molecule has 3 rings (SSSR count). The van der Waals surface area contributed by atoms with Crippen LogP contribution in [0.2, 0.25) is 0 Å². The van der Waals surface area contributed by atoms with Crippen LogP contribution >= 0.6 is 0 Å². The normalized spacial score (nSPS) is 14.8. The topological polar surface area (TPSA) is 106 Å². The van der Waals surface area contributed by atoms with E-state index in [2.05, 4.69) is 55.1 Å². The lowest BCUT2D eigenvalue weighted by molar-refractivity contribution is -0.121. The summed E-state index contributed by atoms with van der Waals surface area (Å²) in [7, 11) is 0. The fraction of sp³-hybridized carbons (Fsp3) is 0.455. The van der Waals surface area contributed by atoms with Gasteiger partial charge in [0.1, 0.15) is 12.6 Å². The maximum Gasteiger partial charge on any atom is 0.243 e. The molecule has 0 saturated carbocycles. The molecule has 1 aliphatic heterocycles. The molecule has 0 aliphatic carbocycles. The number of hydrogen-bond acceptors (Lipinski definition) is 7. The van der Waals surface area contributed by atoms with Gasteiger partial charge in [0.25, 0.3) is 0 Å². The molecule has 8 nitrogen and oxygen atoms in total. The van der Waals surface area contributed by atoms with Crippen LogP contribution in [-0.2, 0) is 4.79 Å². The fourth-order valence-corrected chi connectivity index (χ4v) is 3.45. The Morgan fingerprint density at radius 1 is 1.17 bits per heavy atom. The molecule has 0 spiro atoms. The lowest BCUT2D eigenvalue weighted by Crippen LogP contribution is -2.43. The average molecular weight is 408 g/mol. The van der Waals surface area contributed by atoms with Crippen molar-refractivity contribution in [3.8, 4) is 17.2 Å². The SMILES string of the molecule is CC(C)CC(Nc1ncc(-c2ccc(N3CCNCC3)cc2)cn1)C(=O)NCC#N. The summed E-state index contributed by atoms with van der Waals surface area (Å²) >= 11 is 0. The van der Waals surface area contributed by atoms with Gasteiger partial charge in [0.2, 0.25) is 11.9 Å². The first kappa shape index (κ1) is 21.5. The Morgan fingerprint density at radius 2 is 1.83 bits per heavy atom. The van der Waals surface area contributed by atoms with Crippen molar-refractivity contribution in [2.45, 2.75) is 26.3 Å². The summed E-state index contributed by atoms with van der Waals surface area (Å²) in [4.78, 5) is 23.5. The summed E-state index contributed by atoms with van der Waals surface area (Å²) < 4.78 is 0. The van der Waals surface area contributed by atoms with Gasteiger partial charge in [-0.2, -0.15) is 5.26 Å². The molecule has 1 fully saturated rings. The number of nitriles is 1. The second kappa shape index (κ2) is 10.6. The van der Waals surface area contributed by atoms with Crippen molar-refractivity contribution >= 4 is 17.5 Å². The van der Waals surface area contributed by atoms with Gasteiger partial charge >= 0.3 is 0 Å². The Morgan fingerprint density at radius 3 is 2.43 bits per heavy atom. The van der Waals surface area contributed by atoms with Gasteiger partial charge in [-0.3, -0.25) is 4.79 Å². The van der Waals surface area contributed by atoms with E-state index in [1.807, 2.05) is 19.9 Å². The van der Waals surface area contributed by atoms with E-state index >= 15 is 0 Å². The van der Waals surface area contributed by atoms with Crippen LogP contribution in [0.5, 0.6) is 0 Å². The minimum Gasteiger partial charge on any atom is -0.369 e. The minimum atomic E-state index is -0.484. The second-order valence-corrected chi connectivity index (χ2v) is 7.78. The average Bonchev–Trinajstić information content (AvgIpc) is 2.78. The van der Waals surface area contributed by atoms with Crippen LogP contribution in [0.15, 0.2) is 36.7 Å². The number of piperazine rings is 1. The quantitative estimate of drug-likeness (QED) is 0.575. The van der Waals surface area contributed by atoms with Gasteiger partial charge in [-0.25, -0.2) is 9.97 Å². The zero-order valence-electron chi connectivity index (χ0n) is 17.6. The number of anilines is 2. The first-order valence-electron chi connectivity index (χ1n) is 10.4. The summed E-state index contributed by atoms with van der Waals surface area (Å²) in [6, 6.07) is 9.87. The number of nitrogens with zero attached hydrogens (tertiary/aromatic N) is 4. The zero-order chi connectivity index (χ0) is 21.3. The second-order valence-electron chi connectivity index (χ2n) is 7.78. The maximum atomic E-state index is 12.3. The molecule has 3 N–H and O–H groups in total. The predicted octanol–water partition coefficient (Wildman–Crippen LogP) is 2.02. The number of hydrogen-bond donors (Lipinski definition) is 3. The number of aromatic nitrogens is 2. The van der Waals surface area contributed by atoms with E-state index in [-0.39, 0.29) is 12.5 Å². The molecule has 1 unspecified atom stereocenters. The van der Waals surface area contributed by atoms with Crippen LogP contribution in [0.25, 0.3) is 11.1 Å². The molecule has 8 heteroatoms. The third kappa shape index (κ3) is 5.91. The Kier molecular flexibility index (Phi) is 7.57. The van der Waals surface area contributed by atoms with E-state index < -0.39 is 6.04 Å². The van der Waals surface area contributed by atoms with E-state index in [1.54, 1.807) is 12.4 Å². The summed E-state index contributed by atoms with van der Waals surface area (Å²) in [5.41, 5.74) is 3.19. The molecule has 1 atom stereocenters. The standard InChI is InChI=1S/C22H29N7O/c1-16(2)13-20(21(30)25-8-7-23)28-22-26-14-18(15-27-22)17-3-5-19(6-4-17)29-11-9-24-10-12-29/h3-6,14-16,20,24H,8-13H2,1-2H3,(H,25,30)(H,26,27,28). The first-order chi connectivity index (χ1) is 14.6. The highest BCUT2D eigenvalue weighted by molar-refractivity contribution is 5.84. The molecule has 1 aliphatic rings. The Bertz CT molecular complexity index is 853. The van der Waals surface area contributed by atoms with E-state index in [0.717, 1.165) is 37.3 Å². The number of nitrogens with one attached hydrogen (secondary N) is 3. The predicted molar refractivity (Wildman–Crippen MR) is 118 cm³/mol. The smallest absolute Gasteiger partial charge is 0.243 e. The largest absolute Gasteiger partial charge is 0.369 e. The number of benzene rings is 1. The molecule has 2 heterocycles. The third-order valence-electron chi connectivity index (χ3n) is 5.00. The van der Waals surface area contributed by atoms with E-state index in [9.17, 15) is 4.79 Å². The highest BCUT2D eigenvalue weighted by atomic mass is 16.2. The van der Waals surface area contributed by atoms with Gasteiger partial charge in [-0.1, -0.05) is 26.0 Å². The van der Waals surface area contributed by atoms with Crippen LogP contribution in [0.1, 0.15) is 20.3 Å². The summed E-state index contributed by atoms with van der Waals surface area (Å²) in [5.74, 6) is 0.485. The fourth-order valence-electron chi connectivity index (χ4n) is 3.45. The van der Waals surface area contributed by atoms with Crippen LogP contribution in [0.4, 0.5) is 11.6 Å². The molecule has 0 radical (unpaired) electrons. The van der Waals surface area contributed by atoms with Crippen molar-refractivity contribution in [2.24, 2.45) is 5.92 Å². The molecule has 1 amide bonds. The van der Waals surface area contributed by atoms with E-state index in [1.165, 1.54) is 5.69 Å². The van der Waals surface area contributed by atoms with Gasteiger partial charge in [0.15, 0.2) is 0 Å². The molecule has 1 aromatic heterocycles. The van der Waals surface area contributed by atoms with Crippen LogP contribution in [-0.4, -0.2) is 54.6 Å². The van der Waals surface area contributed by atoms with Gasteiger partial charge in [-0.05, 0) is 30.0 Å². The van der Waals surface area contributed by atoms with Crippen LogP contribution < -0.4 is 20.9 Å². The van der Waals surface area contributed by atoms with Crippen LogP contribution in [0.3, 0.4) is 0 Å². The zero-order valence-corrected chi connectivity index (χ0v) is 17.6. The highest BCUT2D eigenvalue weighted by Gasteiger charge is 2.20. The van der Waals surface area contributed by atoms with Gasteiger partial charge < -0.3 is 20.9 Å². The van der Waals surface area contributed by atoms with Gasteiger partial charge in [0.05, 0.1) is 6.07 Å². The Labute approximate surface area is 177 Å². The number of carbonyl (C=O) groups is 1. The molecule has 1 saturated heterocycles. The van der Waals surface area contributed by atoms with Crippen LogP contribution in [0, 0.1) is 17.2 Å². The van der Waals surface area contributed by atoms with Crippen molar-refractivity contribution in [3.63, 3.8) is 0 Å². The van der Waals surface area contributed by atoms with Crippen molar-refractivity contribution < 1.29 is 4.79 Å². The summed E-state index contributed by atoms with van der Waals surface area (Å²) in [6.45, 7) is 8.12. The monoisotopic (exact) mass is 407 g/mol. The minimum absolute atomic E-state index is 0.0150. The lowest BCUT2D eigenvalue weighted by atomic mass is 10.0. The van der Waals surface area contributed by atoms with Gasteiger partial charge in [0, 0.05) is 49.8 Å². The number of carbonyl (C=O) groups excluding carboxylic acids is 1. The van der Waals surface area contributed by atoms with E-state index in [4.69, 9.17) is 5.26 Å². The molecule has 158 valence electrons. The van der Waals surface area contributed by atoms with Crippen molar-refractivity contribution in [1.29, 1.82) is 5.26 Å². The number of rotatable bonds is 8. The molecule has 2 aromatic rings. The Hall–Kier alpha value is -3.18. The van der Waals surface area contributed by atoms with Gasteiger partial charge in [-0.15, -0.1) is 0 Å². The van der Waals surface area contributed by atoms with Crippen molar-refractivity contribution in [3.05, 3.63) is 36.7 Å². The molecule has 0 bridgehead atoms. The molecule has 1 aromatic carbocycles. The van der Waals surface area contributed by atoms with E-state index in [0.29, 0.717) is 18.3 Å². The van der Waals surface area contributed by atoms with Crippen molar-refractivity contribution in [1.82, 2.24) is 20.6 Å². The molecule has 30 heavy (non-hydrogen) atoms. The number of amides is 1. The lowest BCUT2D eigenvalue weighted by Gasteiger charge is -2.29.